The van der Waals surface area contributed by atoms with Crippen LogP contribution in [-0.2, 0) is 18.3 Å². The first-order valence-electron chi connectivity index (χ1n) is 8.87. The maximum atomic E-state index is 12.6. The fourth-order valence-electron chi connectivity index (χ4n) is 3.18. The summed E-state index contributed by atoms with van der Waals surface area (Å²) in [4.78, 5) is 17.2. The van der Waals surface area contributed by atoms with Gasteiger partial charge in [-0.25, -0.2) is 4.98 Å². The molecule has 4 heteroatoms. The Morgan fingerprint density at radius 3 is 2.44 bits per heavy atom. The Balaban J connectivity index is 1.83. The SMILES string of the molecule is COc1nc2c(cc1NC(=O)c1ccc(C(C)(C)C)cc1)CCCC2. The molecule has 4 nitrogen and oxygen atoms in total. The summed E-state index contributed by atoms with van der Waals surface area (Å²) in [5.74, 6) is 0.344. The first-order valence-corrected chi connectivity index (χ1v) is 8.87. The number of amides is 1. The van der Waals surface area contributed by atoms with Gasteiger partial charge in [0.25, 0.3) is 5.91 Å². The van der Waals surface area contributed by atoms with E-state index in [1.807, 2.05) is 30.3 Å². The monoisotopic (exact) mass is 338 g/mol. The lowest BCUT2D eigenvalue weighted by atomic mass is 9.87. The highest BCUT2D eigenvalue weighted by atomic mass is 16.5. The smallest absolute Gasteiger partial charge is 0.255 e. The van der Waals surface area contributed by atoms with Gasteiger partial charge in [-0.2, -0.15) is 0 Å². The number of rotatable bonds is 3. The van der Waals surface area contributed by atoms with Gasteiger partial charge in [0.05, 0.1) is 7.11 Å². The van der Waals surface area contributed by atoms with Crippen LogP contribution >= 0.6 is 0 Å². The molecular formula is C21H26N2O2. The van der Waals surface area contributed by atoms with E-state index in [9.17, 15) is 4.79 Å². The fourth-order valence-corrected chi connectivity index (χ4v) is 3.18. The normalized spacial score (nSPS) is 13.9. The molecule has 0 bridgehead atoms. The number of aryl methyl sites for hydroxylation is 2. The zero-order valence-corrected chi connectivity index (χ0v) is 15.5. The van der Waals surface area contributed by atoms with Gasteiger partial charge in [-0.15, -0.1) is 0 Å². The molecule has 2 aromatic rings. The van der Waals surface area contributed by atoms with Crippen molar-refractivity contribution in [2.24, 2.45) is 0 Å². The Labute approximate surface area is 149 Å². The third-order valence-electron chi connectivity index (χ3n) is 4.72. The van der Waals surface area contributed by atoms with Gasteiger partial charge in [0, 0.05) is 11.3 Å². The predicted molar refractivity (Wildman–Crippen MR) is 101 cm³/mol. The topological polar surface area (TPSA) is 51.2 Å². The number of ether oxygens (including phenoxy) is 1. The molecule has 1 aromatic carbocycles. The van der Waals surface area contributed by atoms with E-state index in [1.165, 1.54) is 17.5 Å². The van der Waals surface area contributed by atoms with Crippen LogP contribution < -0.4 is 10.1 Å². The molecule has 0 saturated heterocycles. The summed E-state index contributed by atoms with van der Waals surface area (Å²) < 4.78 is 5.39. The summed E-state index contributed by atoms with van der Waals surface area (Å²) in [5, 5.41) is 2.96. The largest absolute Gasteiger partial charge is 0.480 e. The lowest BCUT2D eigenvalue weighted by molar-refractivity contribution is 0.102. The molecule has 1 heterocycles. The van der Waals surface area contributed by atoms with Crippen LogP contribution in [-0.4, -0.2) is 18.0 Å². The van der Waals surface area contributed by atoms with Gasteiger partial charge in [0.1, 0.15) is 5.69 Å². The number of hydrogen-bond acceptors (Lipinski definition) is 3. The fraction of sp³-hybridized carbons (Fsp3) is 0.429. The number of nitrogens with zero attached hydrogens (tertiary/aromatic N) is 1. The molecule has 1 N–H and O–H groups in total. The van der Waals surface area contributed by atoms with Gasteiger partial charge >= 0.3 is 0 Å². The van der Waals surface area contributed by atoms with E-state index in [4.69, 9.17) is 4.74 Å². The highest BCUT2D eigenvalue weighted by Gasteiger charge is 2.18. The summed E-state index contributed by atoms with van der Waals surface area (Å²) in [6.07, 6.45) is 4.32. The molecule has 1 aliphatic rings. The van der Waals surface area contributed by atoms with E-state index in [0.29, 0.717) is 17.1 Å². The second-order valence-corrected chi connectivity index (χ2v) is 7.64. The number of anilines is 1. The molecule has 0 fully saturated rings. The molecule has 0 atom stereocenters. The lowest BCUT2D eigenvalue weighted by Crippen LogP contribution is -2.16. The Hall–Kier alpha value is -2.36. The second-order valence-electron chi connectivity index (χ2n) is 7.64. The van der Waals surface area contributed by atoms with E-state index in [0.717, 1.165) is 25.0 Å². The molecule has 1 aliphatic carbocycles. The van der Waals surface area contributed by atoms with Gasteiger partial charge in [-0.3, -0.25) is 4.79 Å². The standard InChI is InChI=1S/C21H26N2O2/c1-21(2,3)16-11-9-14(10-12-16)19(24)22-18-13-15-7-5-6-8-17(15)23-20(18)25-4/h9-13H,5-8H2,1-4H3,(H,22,24). The van der Waals surface area contributed by atoms with Crippen LogP contribution in [0.4, 0.5) is 5.69 Å². The number of fused-ring (bicyclic) bond motifs is 1. The Morgan fingerprint density at radius 2 is 1.80 bits per heavy atom. The number of methoxy groups -OCH3 is 1. The summed E-state index contributed by atoms with van der Waals surface area (Å²) in [6, 6.07) is 9.78. The van der Waals surface area contributed by atoms with Crippen molar-refractivity contribution < 1.29 is 9.53 Å². The van der Waals surface area contributed by atoms with Crippen LogP contribution in [0.2, 0.25) is 0 Å². The van der Waals surface area contributed by atoms with Crippen molar-refractivity contribution in [2.45, 2.75) is 51.9 Å². The van der Waals surface area contributed by atoms with Crippen LogP contribution in [0.25, 0.3) is 0 Å². The molecule has 1 amide bonds. The summed E-state index contributed by atoms with van der Waals surface area (Å²) in [5.41, 5.74) is 4.86. The van der Waals surface area contributed by atoms with E-state index in [-0.39, 0.29) is 11.3 Å². The van der Waals surface area contributed by atoms with Crippen molar-refractivity contribution in [3.8, 4) is 5.88 Å². The van der Waals surface area contributed by atoms with Gasteiger partial charge < -0.3 is 10.1 Å². The Morgan fingerprint density at radius 1 is 1.12 bits per heavy atom. The summed E-state index contributed by atoms with van der Waals surface area (Å²) in [7, 11) is 1.59. The van der Waals surface area contributed by atoms with Gasteiger partial charge in [-0.1, -0.05) is 32.9 Å². The van der Waals surface area contributed by atoms with Crippen LogP contribution in [0.15, 0.2) is 30.3 Å². The predicted octanol–water partition coefficient (Wildman–Crippen LogP) is 4.52. The number of carbonyl (C=O) groups excluding carboxylic acids is 1. The zero-order chi connectivity index (χ0) is 18.0. The van der Waals surface area contributed by atoms with Crippen LogP contribution in [0.1, 0.15) is 60.8 Å². The van der Waals surface area contributed by atoms with Crippen molar-refractivity contribution in [2.75, 3.05) is 12.4 Å². The minimum absolute atomic E-state index is 0.0701. The van der Waals surface area contributed by atoms with Gasteiger partial charge in [0.2, 0.25) is 5.88 Å². The van der Waals surface area contributed by atoms with Crippen LogP contribution in [0, 0.1) is 0 Å². The third-order valence-corrected chi connectivity index (χ3v) is 4.72. The van der Waals surface area contributed by atoms with Crippen molar-refractivity contribution >= 4 is 11.6 Å². The van der Waals surface area contributed by atoms with E-state index < -0.39 is 0 Å². The minimum Gasteiger partial charge on any atom is -0.480 e. The molecule has 0 radical (unpaired) electrons. The molecule has 0 saturated carbocycles. The molecule has 25 heavy (non-hydrogen) atoms. The highest BCUT2D eigenvalue weighted by molar-refractivity contribution is 6.05. The number of carbonyl (C=O) groups is 1. The maximum Gasteiger partial charge on any atom is 0.255 e. The molecule has 1 aromatic heterocycles. The molecule has 0 unspecified atom stereocenters. The first-order chi connectivity index (χ1) is 11.9. The molecular weight excluding hydrogens is 312 g/mol. The van der Waals surface area contributed by atoms with Crippen LogP contribution in [0.5, 0.6) is 5.88 Å². The number of aromatic nitrogens is 1. The quantitative estimate of drug-likeness (QED) is 0.895. The zero-order valence-electron chi connectivity index (χ0n) is 15.5. The molecule has 0 spiro atoms. The van der Waals surface area contributed by atoms with Crippen molar-refractivity contribution in [3.05, 3.63) is 52.7 Å². The number of hydrogen-bond donors (Lipinski definition) is 1. The lowest BCUT2D eigenvalue weighted by Gasteiger charge is -2.20. The van der Waals surface area contributed by atoms with Crippen LogP contribution in [0.3, 0.4) is 0 Å². The summed E-state index contributed by atoms with van der Waals surface area (Å²) >= 11 is 0. The maximum absolute atomic E-state index is 12.6. The van der Waals surface area contributed by atoms with E-state index in [2.05, 4.69) is 31.1 Å². The third kappa shape index (κ3) is 3.84. The summed E-state index contributed by atoms with van der Waals surface area (Å²) in [6.45, 7) is 6.48. The van der Waals surface area contributed by atoms with Gasteiger partial charge in [-0.05, 0) is 60.4 Å². The average molecular weight is 338 g/mol. The number of nitrogens with one attached hydrogen (secondary N) is 1. The molecule has 0 aliphatic heterocycles. The second kappa shape index (κ2) is 6.87. The van der Waals surface area contributed by atoms with Crippen molar-refractivity contribution in [1.29, 1.82) is 0 Å². The highest BCUT2D eigenvalue weighted by Crippen LogP contribution is 2.30. The average Bonchev–Trinajstić information content (AvgIpc) is 2.60. The first kappa shape index (κ1) is 17.5. The molecule has 132 valence electrons. The number of pyridine rings is 1. The Kier molecular flexibility index (Phi) is 4.80. The van der Waals surface area contributed by atoms with Gasteiger partial charge in [0.15, 0.2) is 0 Å². The number of benzene rings is 1. The van der Waals surface area contributed by atoms with Crippen molar-refractivity contribution in [3.63, 3.8) is 0 Å². The van der Waals surface area contributed by atoms with E-state index >= 15 is 0 Å². The van der Waals surface area contributed by atoms with Crippen molar-refractivity contribution in [1.82, 2.24) is 4.98 Å². The minimum atomic E-state index is -0.142. The van der Waals surface area contributed by atoms with E-state index in [1.54, 1.807) is 7.11 Å². The Bertz CT molecular complexity index is 774. The molecule has 3 rings (SSSR count).